The molecule has 0 radical (unpaired) electrons. The molecule has 0 aromatic heterocycles. The molecule has 274 valence electrons. The summed E-state index contributed by atoms with van der Waals surface area (Å²) in [6.07, 6.45) is 15.7. The number of rotatable bonds is 30. The molecule has 1 aliphatic heterocycles. The lowest BCUT2D eigenvalue weighted by atomic mass is 9.98. The summed E-state index contributed by atoms with van der Waals surface area (Å²) >= 11 is 0. The van der Waals surface area contributed by atoms with Crippen LogP contribution >= 0.6 is 0 Å². The Kier molecular flexibility index (Phi) is 26.3. The first-order valence-electron chi connectivity index (χ1n) is 18.8. The van der Waals surface area contributed by atoms with Gasteiger partial charge >= 0.3 is 0 Å². The van der Waals surface area contributed by atoms with Gasteiger partial charge in [-0.1, -0.05) is 142 Å². The van der Waals surface area contributed by atoms with Crippen LogP contribution in [0.1, 0.15) is 162 Å². The van der Waals surface area contributed by atoms with Gasteiger partial charge in [0.25, 0.3) is 0 Å². The number of carbonyl (C=O) groups is 1. The number of aliphatic hydroxyl groups excluding tert-OH is 6. The van der Waals surface area contributed by atoms with Crippen molar-refractivity contribution in [3.05, 3.63) is 0 Å². The molecule has 1 aliphatic rings. The van der Waals surface area contributed by atoms with Gasteiger partial charge in [0.2, 0.25) is 5.91 Å². The molecule has 0 spiro atoms. The third-order valence-corrected chi connectivity index (χ3v) is 9.30. The minimum Gasteiger partial charge on any atom is -0.394 e. The van der Waals surface area contributed by atoms with Crippen molar-refractivity contribution in [2.45, 2.75) is 210 Å². The van der Waals surface area contributed by atoms with Gasteiger partial charge in [-0.15, -0.1) is 0 Å². The highest BCUT2D eigenvalue weighted by Crippen LogP contribution is 2.23. The van der Waals surface area contributed by atoms with E-state index in [-0.39, 0.29) is 18.9 Å². The SMILES string of the molecule is CCCCCCCCCCCCCCCC[C@@H](O)[C@@H](O)[C@H](CO[C@@H]1O[C@H](CO)[C@@H](O)C(O)C1O)NC(=O)CCCCCCCCC. The summed E-state index contributed by atoms with van der Waals surface area (Å²) in [7, 11) is 0. The Morgan fingerprint density at radius 3 is 1.61 bits per heavy atom. The smallest absolute Gasteiger partial charge is 0.220 e. The van der Waals surface area contributed by atoms with Crippen LogP contribution in [0.2, 0.25) is 0 Å². The normalized spacial score (nSPS) is 23.7. The monoisotopic (exact) mass is 662 g/mol. The van der Waals surface area contributed by atoms with Crippen LogP contribution < -0.4 is 5.32 Å². The fraction of sp³-hybridized carbons (Fsp3) is 0.972. The molecule has 0 saturated carbocycles. The summed E-state index contributed by atoms with van der Waals surface area (Å²) in [5.74, 6) is -0.265. The van der Waals surface area contributed by atoms with Crippen molar-refractivity contribution < 1.29 is 44.9 Å². The molecule has 0 aromatic carbocycles. The number of aliphatic hydroxyl groups is 6. The maximum Gasteiger partial charge on any atom is 0.220 e. The van der Waals surface area contributed by atoms with Gasteiger partial charge in [0.1, 0.15) is 30.5 Å². The number of ether oxygens (including phenoxy) is 2. The molecular weight excluding hydrogens is 590 g/mol. The van der Waals surface area contributed by atoms with E-state index in [0.717, 1.165) is 44.9 Å². The highest BCUT2D eigenvalue weighted by Gasteiger charge is 2.44. The van der Waals surface area contributed by atoms with Gasteiger partial charge in [0.15, 0.2) is 6.29 Å². The lowest BCUT2D eigenvalue weighted by molar-refractivity contribution is -0.303. The van der Waals surface area contributed by atoms with Crippen LogP contribution in [0.4, 0.5) is 0 Å². The predicted molar refractivity (Wildman–Crippen MR) is 181 cm³/mol. The van der Waals surface area contributed by atoms with E-state index < -0.39 is 55.6 Å². The molecule has 0 aliphatic carbocycles. The summed E-state index contributed by atoms with van der Waals surface area (Å²) in [4.78, 5) is 12.8. The van der Waals surface area contributed by atoms with E-state index in [1.807, 2.05) is 0 Å². The van der Waals surface area contributed by atoms with Crippen molar-refractivity contribution in [1.82, 2.24) is 5.32 Å². The quantitative estimate of drug-likeness (QED) is 0.0523. The molecule has 10 heteroatoms. The molecule has 1 fully saturated rings. The fourth-order valence-corrected chi connectivity index (χ4v) is 6.14. The molecule has 46 heavy (non-hydrogen) atoms. The van der Waals surface area contributed by atoms with Crippen molar-refractivity contribution in [1.29, 1.82) is 0 Å². The summed E-state index contributed by atoms with van der Waals surface area (Å²) in [6, 6.07) is -0.980. The summed E-state index contributed by atoms with van der Waals surface area (Å²) < 4.78 is 11.1. The average molecular weight is 662 g/mol. The Morgan fingerprint density at radius 1 is 0.674 bits per heavy atom. The van der Waals surface area contributed by atoms with Gasteiger partial charge in [-0.05, 0) is 12.8 Å². The number of nitrogens with one attached hydrogen (secondary N) is 1. The number of amides is 1. The molecule has 1 amide bonds. The third-order valence-electron chi connectivity index (χ3n) is 9.30. The number of carbonyl (C=O) groups excluding carboxylic acids is 1. The van der Waals surface area contributed by atoms with Gasteiger partial charge in [-0.2, -0.15) is 0 Å². The molecule has 8 atom stereocenters. The van der Waals surface area contributed by atoms with Crippen LogP contribution in [0.15, 0.2) is 0 Å². The van der Waals surface area contributed by atoms with Crippen LogP contribution in [0, 0.1) is 0 Å². The first-order chi connectivity index (χ1) is 22.3. The lowest BCUT2D eigenvalue weighted by Crippen LogP contribution is -2.60. The van der Waals surface area contributed by atoms with Gasteiger partial charge < -0.3 is 45.4 Å². The van der Waals surface area contributed by atoms with E-state index in [0.29, 0.717) is 6.42 Å². The molecular formula is C36H71NO9. The second-order valence-electron chi connectivity index (χ2n) is 13.5. The highest BCUT2D eigenvalue weighted by molar-refractivity contribution is 5.76. The van der Waals surface area contributed by atoms with Gasteiger partial charge in [0, 0.05) is 6.42 Å². The number of unbranched alkanes of at least 4 members (excludes halogenated alkanes) is 19. The van der Waals surface area contributed by atoms with Crippen LogP contribution in [-0.2, 0) is 14.3 Å². The second kappa shape index (κ2) is 28.0. The van der Waals surface area contributed by atoms with Crippen molar-refractivity contribution in [2.24, 2.45) is 0 Å². The predicted octanol–water partition coefficient (Wildman–Crippen LogP) is 5.02. The molecule has 1 rings (SSSR count). The molecule has 10 nitrogen and oxygen atoms in total. The van der Waals surface area contributed by atoms with E-state index in [1.165, 1.54) is 89.9 Å². The van der Waals surface area contributed by atoms with Gasteiger partial charge in [0.05, 0.1) is 25.4 Å². The van der Waals surface area contributed by atoms with Crippen molar-refractivity contribution in [3.63, 3.8) is 0 Å². The Balaban J connectivity index is 2.47. The second-order valence-corrected chi connectivity index (χ2v) is 13.5. The highest BCUT2D eigenvalue weighted by atomic mass is 16.7. The van der Waals surface area contributed by atoms with Gasteiger partial charge in [-0.25, -0.2) is 0 Å². The van der Waals surface area contributed by atoms with Crippen LogP contribution in [0.25, 0.3) is 0 Å². The number of hydrogen-bond acceptors (Lipinski definition) is 9. The van der Waals surface area contributed by atoms with Crippen molar-refractivity contribution >= 4 is 5.91 Å². The topological polar surface area (TPSA) is 169 Å². The molecule has 0 aromatic rings. The Morgan fingerprint density at radius 2 is 1.13 bits per heavy atom. The molecule has 1 saturated heterocycles. The van der Waals surface area contributed by atoms with Crippen molar-refractivity contribution in [3.8, 4) is 0 Å². The van der Waals surface area contributed by atoms with Crippen LogP contribution in [-0.4, -0.2) is 98.7 Å². The molecule has 7 N–H and O–H groups in total. The maximum atomic E-state index is 12.8. The lowest BCUT2D eigenvalue weighted by Gasteiger charge is -2.40. The van der Waals surface area contributed by atoms with Crippen LogP contribution in [0.5, 0.6) is 0 Å². The standard InChI is InChI=1S/C36H71NO9/c1-3-5-7-9-11-12-13-14-15-16-17-19-20-22-24-29(39)32(41)28(37-31(40)25-23-21-18-10-8-6-4-2)27-45-36-35(44)34(43)33(42)30(26-38)46-36/h28-30,32-36,38-39,41-44H,3-27H2,1-2H3,(H,37,40)/t28-,29+,30+,32-,33+,34?,35?,36+/m0/s1. The Labute approximate surface area is 279 Å². The number of hydrogen-bond donors (Lipinski definition) is 7. The largest absolute Gasteiger partial charge is 0.394 e. The first-order valence-corrected chi connectivity index (χ1v) is 18.8. The zero-order chi connectivity index (χ0) is 34.0. The molecule has 0 bridgehead atoms. The van der Waals surface area contributed by atoms with E-state index in [9.17, 15) is 35.4 Å². The Bertz CT molecular complexity index is 713. The zero-order valence-corrected chi connectivity index (χ0v) is 29.2. The minimum absolute atomic E-state index is 0.265. The first kappa shape index (κ1) is 43.2. The maximum absolute atomic E-state index is 12.8. The minimum atomic E-state index is -1.60. The fourth-order valence-electron chi connectivity index (χ4n) is 6.14. The van der Waals surface area contributed by atoms with Gasteiger partial charge in [-0.3, -0.25) is 4.79 Å². The molecule has 1 heterocycles. The molecule has 2 unspecified atom stereocenters. The summed E-state index contributed by atoms with van der Waals surface area (Å²) in [5.41, 5.74) is 0. The van der Waals surface area contributed by atoms with E-state index in [1.54, 1.807) is 0 Å². The summed E-state index contributed by atoms with van der Waals surface area (Å²) in [5, 5.41) is 64.6. The Hall–Kier alpha value is -0.850. The summed E-state index contributed by atoms with van der Waals surface area (Å²) in [6.45, 7) is 3.52. The van der Waals surface area contributed by atoms with E-state index in [4.69, 9.17) is 9.47 Å². The average Bonchev–Trinajstić information content (AvgIpc) is 3.05. The third kappa shape index (κ3) is 19.2. The van der Waals surface area contributed by atoms with Crippen molar-refractivity contribution in [2.75, 3.05) is 13.2 Å². The van der Waals surface area contributed by atoms with E-state index in [2.05, 4.69) is 19.2 Å². The zero-order valence-electron chi connectivity index (χ0n) is 29.2. The van der Waals surface area contributed by atoms with Crippen LogP contribution in [0.3, 0.4) is 0 Å². The van der Waals surface area contributed by atoms with E-state index >= 15 is 0 Å².